The second-order valence-corrected chi connectivity index (χ2v) is 6.01. The minimum absolute atomic E-state index is 0.00442. The molecule has 21 heavy (non-hydrogen) atoms. The number of thiophene rings is 1. The van der Waals surface area contributed by atoms with Crippen LogP contribution in [0.2, 0.25) is 5.02 Å². The first-order chi connectivity index (χ1) is 10.2. The van der Waals surface area contributed by atoms with E-state index in [2.05, 4.69) is 22.5 Å². The SMILES string of the molecule is CC(NCCCNC(=O)c1cccs1)c1ccncc1Cl. The molecule has 0 radical (unpaired) electrons. The van der Waals surface area contributed by atoms with E-state index < -0.39 is 0 Å². The predicted octanol–water partition coefficient (Wildman–Crippen LogP) is 3.27. The Morgan fingerprint density at radius 3 is 3.00 bits per heavy atom. The Balaban J connectivity index is 1.66. The molecule has 0 aliphatic rings. The van der Waals surface area contributed by atoms with Gasteiger partial charge in [-0.2, -0.15) is 0 Å². The van der Waals surface area contributed by atoms with Crippen molar-refractivity contribution in [3.63, 3.8) is 0 Å². The summed E-state index contributed by atoms with van der Waals surface area (Å²) in [5.41, 5.74) is 1.04. The summed E-state index contributed by atoms with van der Waals surface area (Å²) < 4.78 is 0. The summed E-state index contributed by atoms with van der Waals surface area (Å²) in [5, 5.41) is 8.86. The molecule has 2 aromatic rings. The second kappa shape index (κ2) is 8.12. The van der Waals surface area contributed by atoms with Crippen molar-refractivity contribution in [1.29, 1.82) is 0 Å². The number of nitrogens with zero attached hydrogens (tertiary/aromatic N) is 1. The summed E-state index contributed by atoms with van der Waals surface area (Å²) in [4.78, 5) is 16.4. The Kier molecular flexibility index (Phi) is 6.17. The zero-order chi connectivity index (χ0) is 15.1. The van der Waals surface area contributed by atoms with Crippen LogP contribution >= 0.6 is 22.9 Å². The van der Waals surface area contributed by atoms with Crippen LogP contribution in [0.1, 0.15) is 34.6 Å². The lowest BCUT2D eigenvalue weighted by atomic mass is 10.1. The van der Waals surface area contributed by atoms with Gasteiger partial charge in [0.25, 0.3) is 5.91 Å². The summed E-state index contributed by atoms with van der Waals surface area (Å²) >= 11 is 7.55. The van der Waals surface area contributed by atoms with Gasteiger partial charge in [0, 0.05) is 25.0 Å². The standard InChI is InChI=1S/C15H18ClN3OS/c1-11(12-5-8-17-10-13(12)16)18-6-3-7-19-15(20)14-4-2-9-21-14/h2,4-5,8-11,18H,3,6-7H2,1H3,(H,19,20). The topological polar surface area (TPSA) is 54.0 Å². The minimum Gasteiger partial charge on any atom is -0.351 e. The van der Waals surface area contributed by atoms with Gasteiger partial charge in [-0.25, -0.2) is 0 Å². The Morgan fingerprint density at radius 2 is 2.29 bits per heavy atom. The van der Waals surface area contributed by atoms with Gasteiger partial charge in [0.1, 0.15) is 0 Å². The van der Waals surface area contributed by atoms with Crippen molar-refractivity contribution in [2.24, 2.45) is 0 Å². The third kappa shape index (κ3) is 4.81. The third-order valence-corrected chi connectivity index (χ3v) is 4.29. The van der Waals surface area contributed by atoms with E-state index in [4.69, 9.17) is 11.6 Å². The molecule has 0 aliphatic carbocycles. The van der Waals surface area contributed by atoms with Crippen LogP contribution in [-0.4, -0.2) is 24.0 Å². The molecule has 2 rings (SSSR count). The van der Waals surface area contributed by atoms with Crippen molar-refractivity contribution in [1.82, 2.24) is 15.6 Å². The van der Waals surface area contributed by atoms with E-state index in [-0.39, 0.29) is 11.9 Å². The number of aromatic nitrogens is 1. The molecular formula is C15H18ClN3OS. The Bertz CT molecular complexity index is 574. The number of amides is 1. The first-order valence-corrected chi connectivity index (χ1v) is 8.08. The van der Waals surface area contributed by atoms with E-state index in [1.165, 1.54) is 11.3 Å². The average Bonchev–Trinajstić information content (AvgIpc) is 3.01. The molecule has 2 aromatic heterocycles. The second-order valence-electron chi connectivity index (χ2n) is 4.66. The van der Waals surface area contributed by atoms with Crippen LogP contribution in [0.25, 0.3) is 0 Å². The number of carbonyl (C=O) groups is 1. The maximum atomic E-state index is 11.7. The van der Waals surface area contributed by atoms with E-state index >= 15 is 0 Å². The Morgan fingerprint density at radius 1 is 1.43 bits per heavy atom. The van der Waals surface area contributed by atoms with Crippen LogP contribution in [0.4, 0.5) is 0 Å². The molecule has 0 spiro atoms. The zero-order valence-corrected chi connectivity index (χ0v) is 13.4. The highest BCUT2D eigenvalue weighted by atomic mass is 35.5. The van der Waals surface area contributed by atoms with Crippen LogP contribution in [-0.2, 0) is 0 Å². The quantitative estimate of drug-likeness (QED) is 0.769. The minimum atomic E-state index is -0.00442. The number of hydrogen-bond donors (Lipinski definition) is 2. The van der Waals surface area contributed by atoms with Crippen molar-refractivity contribution >= 4 is 28.8 Å². The lowest BCUT2D eigenvalue weighted by Crippen LogP contribution is -2.27. The Labute approximate surface area is 133 Å². The molecule has 0 aliphatic heterocycles. The average molecular weight is 324 g/mol. The fraction of sp³-hybridized carbons (Fsp3) is 0.333. The maximum Gasteiger partial charge on any atom is 0.261 e. The Hall–Kier alpha value is -1.43. The first-order valence-electron chi connectivity index (χ1n) is 6.83. The van der Waals surface area contributed by atoms with Gasteiger partial charge in [0.15, 0.2) is 0 Å². The lowest BCUT2D eigenvalue weighted by Gasteiger charge is -2.15. The van der Waals surface area contributed by atoms with Crippen molar-refractivity contribution in [2.75, 3.05) is 13.1 Å². The molecule has 1 unspecified atom stereocenters. The molecule has 0 bridgehead atoms. The molecule has 1 atom stereocenters. The highest BCUT2D eigenvalue weighted by Gasteiger charge is 2.09. The molecule has 4 nitrogen and oxygen atoms in total. The number of hydrogen-bond acceptors (Lipinski definition) is 4. The highest BCUT2D eigenvalue weighted by Crippen LogP contribution is 2.20. The number of carbonyl (C=O) groups excluding carboxylic acids is 1. The number of nitrogens with one attached hydrogen (secondary N) is 2. The van der Waals surface area contributed by atoms with E-state index in [1.807, 2.05) is 23.6 Å². The van der Waals surface area contributed by atoms with Gasteiger partial charge in [-0.15, -0.1) is 11.3 Å². The molecule has 0 saturated heterocycles. The van der Waals surface area contributed by atoms with Crippen LogP contribution in [0.3, 0.4) is 0 Å². The molecule has 0 fully saturated rings. The summed E-state index contributed by atoms with van der Waals surface area (Å²) in [7, 11) is 0. The maximum absolute atomic E-state index is 11.7. The van der Waals surface area contributed by atoms with Gasteiger partial charge >= 0.3 is 0 Å². The van der Waals surface area contributed by atoms with Crippen molar-refractivity contribution in [3.8, 4) is 0 Å². The molecule has 6 heteroatoms. The lowest BCUT2D eigenvalue weighted by molar-refractivity contribution is 0.0957. The summed E-state index contributed by atoms with van der Waals surface area (Å²) in [6.07, 6.45) is 4.25. The van der Waals surface area contributed by atoms with Gasteiger partial charge in [0.2, 0.25) is 0 Å². The van der Waals surface area contributed by atoms with Crippen molar-refractivity contribution in [3.05, 3.63) is 51.4 Å². The fourth-order valence-corrected chi connectivity index (χ4v) is 2.87. The predicted molar refractivity (Wildman–Crippen MR) is 86.9 cm³/mol. The van der Waals surface area contributed by atoms with Crippen LogP contribution in [0.15, 0.2) is 36.0 Å². The highest BCUT2D eigenvalue weighted by molar-refractivity contribution is 7.12. The number of pyridine rings is 1. The number of halogens is 1. The van der Waals surface area contributed by atoms with E-state index in [1.54, 1.807) is 12.4 Å². The summed E-state index contributed by atoms with van der Waals surface area (Å²) in [6, 6.07) is 5.78. The van der Waals surface area contributed by atoms with E-state index in [9.17, 15) is 4.79 Å². The molecule has 112 valence electrons. The van der Waals surface area contributed by atoms with Crippen LogP contribution < -0.4 is 10.6 Å². The smallest absolute Gasteiger partial charge is 0.261 e. The molecule has 0 aromatic carbocycles. The largest absolute Gasteiger partial charge is 0.351 e. The molecule has 2 heterocycles. The van der Waals surface area contributed by atoms with Gasteiger partial charge in [-0.05, 0) is 43.0 Å². The molecule has 0 saturated carbocycles. The van der Waals surface area contributed by atoms with Gasteiger partial charge in [-0.3, -0.25) is 9.78 Å². The van der Waals surface area contributed by atoms with E-state index in [0.717, 1.165) is 23.4 Å². The number of rotatable bonds is 7. The van der Waals surface area contributed by atoms with Gasteiger partial charge in [-0.1, -0.05) is 17.7 Å². The van der Waals surface area contributed by atoms with Crippen LogP contribution in [0.5, 0.6) is 0 Å². The fourth-order valence-electron chi connectivity index (χ4n) is 1.95. The zero-order valence-electron chi connectivity index (χ0n) is 11.8. The van der Waals surface area contributed by atoms with Gasteiger partial charge in [0.05, 0.1) is 9.90 Å². The molecular weight excluding hydrogens is 306 g/mol. The van der Waals surface area contributed by atoms with Crippen LogP contribution in [0, 0.1) is 0 Å². The van der Waals surface area contributed by atoms with Crippen molar-refractivity contribution in [2.45, 2.75) is 19.4 Å². The first kappa shape index (κ1) is 15.9. The monoisotopic (exact) mass is 323 g/mol. The molecule has 1 amide bonds. The summed E-state index contributed by atoms with van der Waals surface area (Å²) in [5.74, 6) is -0.00442. The third-order valence-electron chi connectivity index (χ3n) is 3.10. The van der Waals surface area contributed by atoms with Crippen molar-refractivity contribution < 1.29 is 4.79 Å². The molecule has 2 N–H and O–H groups in total. The normalized spacial score (nSPS) is 12.1. The van der Waals surface area contributed by atoms with E-state index in [0.29, 0.717) is 11.6 Å². The summed E-state index contributed by atoms with van der Waals surface area (Å²) in [6.45, 7) is 3.52. The van der Waals surface area contributed by atoms with Gasteiger partial charge < -0.3 is 10.6 Å².